The van der Waals surface area contributed by atoms with Gasteiger partial charge < -0.3 is 10.6 Å². The van der Waals surface area contributed by atoms with E-state index in [0.717, 1.165) is 31.7 Å². The molecule has 0 bridgehead atoms. The van der Waals surface area contributed by atoms with E-state index >= 15 is 0 Å². The van der Waals surface area contributed by atoms with Gasteiger partial charge in [-0.15, -0.1) is 0 Å². The molecule has 25 heavy (non-hydrogen) atoms. The van der Waals surface area contributed by atoms with Gasteiger partial charge in [-0.05, 0) is 37.7 Å². The van der Waals surface area contributed by atoms with Gasteiger partial charge in [0.2, 0.25) is 11.8 Å². The van der Waals surface area contributed by atoms with E-state index in [4.69, 9.17) is 5.73 Å². The predicted molar refractivity (Wildman–Crippen MR) is 89.6 cm³/mol. The van der Waals surface area contributed by atoms with Crippen molar-refractivity contribution in [1.29, 1.82) is 0 Å². The smallest absolute Gasteiger partial charge is 0.233 e. The number of carbonyl (C=O) groups excluding carboxylic acids is 2. The first kappa shape index (κ1) is 17.8. The van der Waals surface area contributed by atoms with Crippen LogP contribution in [0.4, 0.5) is 8.78 Å². The van der Waals surface area contributed by atoms with Crippen molar-refractivity contribution in [2.24, 2.45) is 11.7 Å². The average Bonchev–Trinajstić information content (AvgIpc) is 3.05. The van der Waals surface area contributed by atoms with Crippen LogP contribution in [0.3, 0.4) is 0 Å². The number of nitrogens with two attached hydrogens (primary N) is 1. The Balaban J connectivity index is 1.79. The molecule has 1 aromatic carbocycles. The van der Waals surface area contributed by atoms with Gasteiger partial charge in [-0.1, -0.05) is 18.9 Å². The summed E-state index contributed by atoms with van der Waals surface area (Å²) in [6.07, 6.45) is 4.72. The maximum Gasteiger partial charge on any atom is 0.233 e. The molecule has 2 amide bonds. The Labute approximate surface area is 146 Å². The van der Waals surface area contributed by atoms with E-state index in [2.05, 4.69) is 0 Å². The number of hydrogen-bond acceptors (Lipinski definition) is 2. The fourth-order valence-electron chi connectivity index (χ4n) is 4.38. The van der Waals surface area contributed by atoms with Crippen molar-refractivity contribution in [3.05, 3.63) is 35.4 Å². The fourth-order valence-corrected chi connectivity index (χ4v) is 4.38. The van der Waals surface area contributed by atoms with E-state index in [-0.39, 0.29) is 17.7 Å². The summed E-state index contributed by atoms with van der Waals surface area (Å²) in [6, 6.07) is 3.51. The Morgan fingerprint density at radius 1 is 1.16 bits per heavy atom. The number of primary amides is 1. The minimum atomic E-state index is -0.881. The Kier molecular flexibility index (Phi) is 5.06. The lowest BCUT2D eigenvalue weighted by molar-refractivity contribution is -0.139. The summed E-state index contributed by atoms with van der Waals surface area (Å²) in [5.41, 5.74) is 4.69. The Morgan fingerprint density at radius 3 is 2.36 bits per heavy atom. The first-order chi connectivity index (χ1) is 11.9. The van der Waals surface area contributed by atoms with Gasteiger partial charge in [0, 0.05) is 31.1 Å². The van der Waals surface area contributed by atoms with Crippen molar-refractivity contribution in [3.63, 3.8) is 0 Å². The van der Waals surface area contributed by atoms with Gasteiger partial charge in [0.15, 0.2) is 0 Å². The second-order valence-corrected chi connectivity index (χ2v) is 7.32. The predicted octanol–water partition coefficient (Wildman–Crippen LogP) is 2.89. The molecule has 2 aliphatic rings. The molecule has 0 aromatic heterocycles. The van der Waals surface area contributed by atoms with E-state index in [1.165, 1.54) is 12.1 Å². The zero-order chi connectivity index (χ0) is 18.0. The Hall–Kier alpha value is -1.98. The number of piperidine rings is 1. The maximum atomic E-state index is 14.4. The number of benzene rings is 1. The lowest BCUT2D eigenvalue weighted by Gasteiger charge is -2.38. The summed E-state index contributed by atoms with van der Waals surface area (Å²) >= 11 is 0. The molecule has 1 aliphatic carbocycles. The number of amides is 2. The molecule has 2 N–H and O–H groups in total. The van der Waals surface area contributed by atoms with E-state index < -0.39 is 17.0 Å². The first-order valence-electron chi connectivity index (χ1n) is 8.95. The largest absolute Gasteiger partial charge is 0.370 e. The molecule has 6 heteroatoms. The van der Waals surface area contributed by atoms with E-state index in [0.29, 0.717) is 37.9 Å². The molecule has 4 nitrogen and oxygen atoms in total. The molecule has 1 aliphatic heterocycles. The fraction of sp³-hybridized carbons (Fsp3) is 0.579. The molecule has 1 heterocycles. The number of halogens is 2. The topological polar surface area (TPSA) is 63.4 Å². The van der Waals surface area contributed by atoms with Crippen molar-refractivity contribution < 1.29 is 18.4 Å². The molecule has 1 saturated heterocycles. The minimum Gasteiger partial charge on any atom is -0.370 e. The van der Waals surface area contributed by atoms with Crippen molar-refractivity contribution in [2.45, 2.75) is 50.4 Å². The third kappa shape index (κ3) is 3.53. The molecular weight excluding hydrogens is 326 g/mol. The standard InChI is InChI=1S/C19H24F2N2O2/c20-14-3-4-15(16(21)12-14)19(7-1-2-8-19)18(25)23-9-5-13(6-10-23)11-17(22)24/h3-4,12-13H,1-2,5-11H2,(H2,22,24). The molecule has 0 spiro atoms. The average molecular weight is 350 g/mol. The van der Waals surface area contributed by atoms with Crippen molar-refractivity contribution in [1.82, 2.24) is 4.90 Å². The van der Waals surface area contributed by atoms with Gasteiger partial charge in [-0.2, -0.15) is 0 Å². The summed E-state index contributed by atoms with van der Waals surface area (Å²) in [4.78, 5) is 26.1. The van der Waals surface area contributed by atoms with Crippen molar-refractivity contribution in [3.8, 4) is 0 Å². The van der Waals surface area contributed by atoms with Gasteiger partial charge in [0.1, 0.15) is 11.6 Å². The lowest BCUT2D eigenvalue weighted by atomic mass is 9.76. The highest BCUT2D eigenvalue weighted by atomic mass is 19.1. The number of likely N-dealkylation sites (tertiary alicyclic amines) is 1. The molecule has 1 aromatic rings. The maximum absolute atomic E-state index is 14.4. The second kappa shape index (κ2) is 7.10. The van der Waals surface area contributed by atoms with Crippen molar-refractivity contribution >= 4 is 11.8 Å². The van der Waals surface area contributed by atoms with Crippen LogP contribution in [0.25, 0.3) is 0 Å². The number of rotatable bonds is 4. The highest BCUT2D eigenvalue weighted by molar-refractivity contribution is 5.89. The lowest BCUT2D eigenvalue weighted by Crippen LogP contribution is -2.49. The Bertz CT molecular complexity index is 663. The second-order valence-electron chi connectivity index (χ2n) is 7.32. The van der Waals surface area contributed by atoms with Crippen molar-refractivity contribution in [2.75, 3.05) is 13.1 Å². The van der Waals surface area contributed by atoms with Crippen LogP contribution in [0.15, 0.2) is 18.2 Å². The van der Waals surface area contributed by atoms with Crippen LogP contribution < -0.4 is 5.73 Å². The zero-order valence-corrected chi connectivity index (χ0v) is 14.3. The number of nitrogens with zero attached hydrogens (tertiary/aromatic N) is 1. The molecular formula is C19H24F2N2O2. The van der Waals surface area contributed by atoms with Crippen LogP contribution >= 0.6 is 0 Å². The van der Waals surface area contributed by atoms with Crippen LogP contribution in [0, 0.1) is 17.6 Å². The third-order valence-electron chi connectivity index (χ3n) is 5.70. The third-order valence-corrected chi connectivity index (χ3v) is 5.70. The first-order valence-corrected chi connectivity index (χ1v) is 8.95. The van der Waals surface area contributed by atoms with Crippen LogP contribution in [0.1, 0.15) is 50.5 Å². The summed E-state index contributed by atoms with van der Waals surface area (Å²) < 4.78 is 27.7. The number of carbonyl (C=O) groups is 2. The van der Waals surface area contributed by atoms with Gasteiger partial charge in [0.05, 0.1) is 5.41 Å². The zero-order valence-electron chi connectivity index (χ0n) is 14.3. The molecule has 0 unspecified atom stereocenters. The summed E-state index contributed by atoms with van der Waals surface area (Å²) in [6.45, 7) is 1.11. The van der Waals surface area contributed by atoms with Gasteiger partial charge >= 0.3 is 0 Å². The van der Waals surface area contributed by atoms with E-state index in [1.54, 1.807) is 4.90 Å². The summed E-state index contributed by atoms with van der Waals surface area (Å²) in [5.74, 6) is -1.44. The van der Waals surface area contributed by atoms with E-state index in [9.17, 15) is 18.4 Å². The highest BCUT2D eigenvalue weighted by Crippen LogP contribution is 2.44. The summed E-state index contributed by atoms with van der Waals surface area (Å²) in [7, 11) is 0. The van der Waals surface area contributed by atoms with E-state index in [1.807, 2.05) is 0 Å². The van der Waals surface area contributed by atoms with Crippen LogP contribution in [-0.2, 0) is 15.0 Å². The van der Waals surface area contributed by atoms with Crippen LogP contribution in [-0.4, -0.2) is 29.8 Å². The summed E-state index contributed by atoms with van der Waals surface area (Å²) in [5, 5.41) is 0. The highest BCUT2D eigenvalue weighted by Gasteiger charge is 2.47. The van der Waals surface area contributed by atoms with Gasteiger partial charge in [-0.25, -0.2) is 8.78 Å². The van der Waals surface area contributed by atoms with Crippen LogP contribution in [0.2, 0.25) is 0 Å². The molecule has 136 valence electrons. The number of hydrogen-bond donors (Lipinski definition) is 1. The molecule has 3 rings (SSSR count). The quantitative estimate of drug-likeness (QED) is 0.907. The van der Waals surface area contributed by atoms with Crippen LogP contribution in [0.5, 0.6) is 0 Å². The SMILES string of the molecule is NC(=O)CC1CCN(C(=O)C2(c3ccc(F)cc3F)CCCC2)CC1. The molecule has 0 atom stereocenters. The molecule has 1 saturated carbocycles. The minimum absolute atomic E-state index is 0.0620. The van der Waals surface area contributed by atoms with Gasteiger partial charge in [-0.3, -0.25) is 9.59 Å². The molecule has 0 radical (unpaired) electrons. The molecule has 2 fully saturated rings. The van der Waals surface area contributed by atoms with Gasteiger partial charge in [0.25, 0.3) is 0 Å². The Morgan fingerprint density at radius 2 is 1.80 bits per heavy atom. The normalized spacial score (nSPS) is 20.6. The monoisotopic (exact) mass is 350 g/mol.